The van der Waals surface area contributed by atoms with Crippen LogP contribution in [0.15, 0.2) is 72.4 Å². The summed E-state index contributed by atoms with van der Waals surface area (Å²) in [5, 5.41) is 3.28. The fourth-order valence-corrected chi connectivity index (χ4v) is 4.78. The van der Waals surface area contributed by atoms with E-state index < -0.39 is 0 Å². The molecule has 2 heterocycles. The molecule has 0 bridgehead atoms. The van der Waals surface area contributed by atoms with Crippen molar-refractivity contribution in [2.45, 2.75) is 33.6 Å². The van der Waals surface area contributed by atoms with Gasteiger partial charge in [-0.05, 0) is 75.1 Å². The molecule has 3 aromatic rings. The van der Waals surface area contributed by atoms with Crippen molar-refractivity contribution >= 4 is 34.4 Å². The number of nitrogens with zero attached hydrogens (tertiary/aromatic N) is 2. The van der Waals surface area contributed by atoms with Crippen LogP contribution in [0.3, 0.4) is 0 Å². The van der Waals surface area contributed by atoms with Crippen molar-refractivity contribution < 1.29 is 9.59 Å². The first-order valence-corrected chi connectivity index (χ1v) is 11.8. The summed E-state index contributed by atoms with van der Waals surface area (Å²) in [6, 6.07) is 21.6. The molecule has 3 aromatic carbocycles. The zero-order valence-corrected chi connectivity index (χ0v) is 19.9. The minimum Gasteiger partial charge on any atom is -0.372 e. The van der Waals surface area contributed by atoms with Crippen molar-refractivity contribution in [3.05, 3.63) is 94.7 Å². The van der Waals surface area contributed by atoms with Gasteiger partial charge in [-0.25, -0.2) is 4.90 Å². The van der Waals surface area contributed by atoms with Crippen molar-refractivity contribution in [2.75, 3.05) is 28.2 Å². The Morgan fingerprint density at radius 3 is 2.03 bits per heavy atom. The molecule has 1 fully saturated rings. The molecule has 0 aromatic heterocycles. The number of carbonyl (C=O) groups excluding carboxylic acids is 2. The van der Waals surface area contributed by atoms with E-state index in [4.69, 9.17) is 0 Å². The normalized spacial score (nSPS) is 16.1. The largest absolute Gasteiger partial charge is 0.372 e. The van der Waals surface area contributed by atoms with Gasteiger partial charge in [-0.3, -0.25) is 9.59 Å². The van der Waals surface area contributed by atoms with Gasteiger partial charge in [0.05, 0.1) is 11.3 Å². The lowest BCUT2D eigenvalue weighted by molar-refractivity contribution is -0.120. The van der Waals surface area contributed by atoms with Gasteiger partial charge in [0.1, 0.15) is 5.70 Å². The zero-order chi connectivity index (χ0) is 23.8. The maximum atomic E-state index is 13.7. The average Bonchev–Trinajstić information content (AvgIpc) is 3.44. The van der Waals surface area contributed by atoms with Crippen molar-refractivity contribution in [1.82, 2.24) is 0 Å². The lowest BCUT2D eigenvalue weighted by Crippen LogP contribution is -2.33. The second-order valence-electron chi connectivity index (χ2n) is 9.22. The number of amides is 2. The van der Waals surface area contributed by atoms with E-state index in [2.05, 4.69) is 22.3 Å². The summed E-state index contributed by atoms with van der Waals surface area (Å²) in [7, 11) is 0. The highest BCUT2D eigenvalue weighted by Gasteiger charge is 2.40. The van der Waals surface area contributed by atoms with E-state index in [1.807, 2.05) is 75.4 Å². The van der Waals surface area contributed by atoms with Crippen LogP contribution >= 0.6 is 0 Å². The molecule has 34 heavy (non-hydrogen) atoms. The van der Waals surface area contributed by atoms with Gasteiger partial charge in [-0.15, -0.1) is 0 Å². The van der Waals surface area contributed by atoms with Crippen LogP contribution in [0.5, 0.6) is 0 Å². The number of hydrogen-bond donors (Lipinski definition) is 1. The number of nitrogens with one attached hydrogen (secondary N) is 1. The molecular formula is C29H29N3O2. The minimum atomic E-state index is -0.337. The topological polar surface area (TPSA) is 52.7 Å². The Bertz CT molecular complexity index is 1280. The molecule has 0 atom stereocenters. The summed E-state index contributed by atoms with van der Waals surface area (Å²) < 4.78 is 0. The Labute approximate surface area is 200 Å². The van der Waals surface area contributed by atoms with E-state index in [1.165, 1.54) is 23.4 Å². The summed E-state index contributed by atoms with van der Waals surface area (Å²) in [5.74, 6) is -0.645. The van der Waals surface area contributed by atoms with E-state index in [0.29, 0.717) is 17.0 Å². The van der Waals surface area contributed by atoms with Gasteiger partial charge in [-0.1, -0.05) is 47.5 Å². The fraction of sp³-hybridized carbons (Fsp3) is 0.241. The van der Waals surface area contributed by atoms with Crippen LogP contribution in [-0.4, -0.2) is 24.9 Å². The summed E-state index contributed by atoms with van der Waals surface area (Å²) >= 11 is 0. The van der Waals surface area contributed by atoms with E-state index in [9.17, 15) is 9.59 Å². The number of aryl methyl sites for hydroxylation is 3. The minimum absolute atomic E-state index is 0.308. The molecule has 172 valence electrons. The first kappa shape index (κ1) is 22.0. The number of hydrogen-bond acceptors (Lipinski definition) is 4. The van der Waals surface area contributed by atoms with Crippen molar-refractivity contribution in [1.29, 1.82) is 0 Å². The molecule has 2 amide bonds. The Hall–Kier alpha value is -3.86. The van der Waals surface area contributed by atoms with Gasteiger partial charge in [0.25, 0.3) is 11.8 Å². The summed E-state index contributed by atoms with van der Waals surface area (Å²) in [6.45, 7) is 8.08. The first-order valence-electron chi connectivity index (χ1n) is 11.8. The van der Waals surface area contributed by atoms with Crippen LogP contribution < -0.4 is 15.1 Å². The van der Waals surface area contributed by atoms with E-state index >= 15 is 0 Å². The fourth-order valence-electron chi connectivity index (χ4n) is 4.78. The maximum absolute atomic E-state index is 13.7. The van der Waals surface area contributed by atoms with E-state index in [1.54, 1.807) is 0 Å². The highest BCUT2D eigenvalue weighted by atomic mass is 16.2. The Balaban J connectivity index is 1.53. The van der Waals surface area contributed by atoms with Crippen LogP contribution in [0, 0.1) is 20.8 Å². The molecule has 1 N–H and O–H groups in total. The van der Waals surface area contributed by atoms with Gasteiger partial charge in [0.2, 0.25) is 0 Å². The summed E-state index contributed by atoms with van der Waals surface area (Å²) in [4.78, 5) is 31.0. The third kappa shape index (κ3) is 3.98. The highest BCUT2D eigenvalue weighted by molar-refractivity contribution is 6.46. The van der Waals surface area contributed by atoms with Crippen LogP contribution in [-0.2, 0) is 9.59 Å². The molecule has 5 heteroatoms. The highest BCUT2D eigenvalue weighted by Crippen LogP contribution is 2.35. The maximum Gasteiger partial charge on any atom is 0.282 e. The number of anilines is 3. The third-order valence-electron chi connectivity index (χ3n) is 6.63. The standard InChI is InChI=1S/C29H29N3O2/c1-19-6-9-22(10-7-19)26-27(30-23-11-13-24(14-12-23)31-16-4-5-17-31)29(34)32(28(26)33)25-15-8-20(2)18-21(25)3/h6-15,18,30H,4-5,16-17H2,1-3H3. The van der Waals surface area contributed by atoms with E-state index in [-0.39, 0.29) is 11.8 Å². The van der Waals surface area contributed by atoms with Gasteiger partial charge in [-0.2, -0.15) is 0 Å². The average molecular weight is 452 g/mol. The molecule has 5 rings (SSSR count). The van der Waals surface area contributed by atoms with Gasteiger partial charge in [0.15, 0.2) is 0 Å². The lowest BCUT2D eigenvalue weighted by atomic mass is 10.0. The summed E-state index contributed by atoms with van der Waals surface area (Å²) in [5.41, 5.74) is 7.09. The first-order chi connectivity index (χ1) is 16.4. The van der Waals surface area contributed by atoms with Crippen LogP contribution in [0.1, 0.15) is 35.1 Å². The molecule has 0 radical (unpaired) electrons. The quantitative estimate of drug-likeness (QED) is 0.513. The van der Waals surface area contributed by atoms with Gasteiger partial charge >= 0.3 is 0 Å². The molecule has 0 aliphatic carbocycles. The third-order valence-corrected chi connectivity index (χ3v) is 6.63. The second kappa shape index (κ2) is 8.82. The number of rotatable bonds is 5. The van der Waals surface area contributed by atoms with Crippen molar-refractivity contribution in [2.24, 2.45) is 0 Å². The Kier molecular flexibility index (Phi) is 5.70. The molecular weight excluding hydrogens is 422 g/mol. The Morgan fingerprint density at radius 2 is 1.38 bits per heavy atom. The van der Waals surface area contributed by atoms with Gasteiger partial charge < -0.3 is 10.2 Å². The van der Waals surface area contributed by atoms with Crippen LogP contribution in [0.25, 0.3) is 5.57 Å². The van der Waals surface area contributed by atoms with Crippen LogP contribution in [0.2, 0.25) is 0 Å². The molecule has 2 aliphatic heterocycles. The Morgan fingerprint density at radius 1 is 0.735 bits per heavy atom. The molecule has 2 aliphatic rings. The predicted molar refractivity (Wildman–Crippen MR) is 138 cm³/mol. The number of imide groups is 1. The molecule has 5 nitrogen and oxygen atoms in total. The molecule has 0 saturated carbocycles. The SMILES string of the molecule is Cc1ccc(C2=C(Nc3ccc(N4CCCC4)cc3)C(=O)N(c3ccc(C)cc3C)C2=O)cc1. The lowest BCUT2D eigenvalue weighted by Gasteiger charge is -2.19. The smallest absolute Gasteiger partial charge is 0.282 e. The van der Waals surface area contributed by atoms with Gasteiger partial charge in [0, 0.05) is 24.5 Å². The number of carbonyl (C=O) groups is 2. The zero-order valence-electron chi connectivity index (χ0n) is 19.9. The van der Waals surface area contributed by atoms with E-state index in [0.717, 1.165) is 41.0 Å². The summed E-state index contributed by atoms with van der Waals surface area (Å²) in [6.07, 6.45) is 2.44. The molecule has 0 spiro atoms. The molecule has 1 saturated heterocycles. The van der Waals surface area contributed by atoms with Crippen molar-refractivity contribution in [3.8, 4) is 0 Å². The second-order valence-corrected chi connectivity index (χ2v) is 9.22. The number of benzene rings is 3. The monoisotopic (exact) mass is 451 g/mol. The predicted octanol–water partition coefficient (Wildman–Crippen LogP) is 5.61. The molecule has 0 unspecified atom stereocenters. The van der Waals surface area contributed by atoms with Crippen molar-refractivity contribution in [3.63, 3.8) is 0 Å². The van der Waals surface area contributed by atoms with Crippen LogP contribution in [0.4, 0.5) is 17.1 Å².